The molecule has 0 radical (unpaired) electrons. The summed E-state index contributed by atoms with van der Waals surface area (Å²) in [6.45, 7) is 0. The number of pyridine rings is 1. The van der Waals surface area contributed by atoms with Crippen LogP contribution in [0.2, 0.25) is 0 Å². The number of phenols is 1. The van der Waals surface area contributed by atoms with Gasteiger partial charge < -0.3 is 14.6 Å². The second-order valence-corrected chi connectivity index (χ2v) is 9.46. The first kappa shape index (κ1) is 23.2. The summed E-state index contributed by atoms with van der Waals surface area (Å²) in [7, 11) is -4.54. The molecule has 36 heavy (non-hydrogen) atoms. The predicted molar refractivity (Wildman–Crippen MR) is 124 cm³/mol. The summed E-state index contributed by atoms with van der Waals surface area (Å²) < 4.78 is 75.2. The van der Waals surface area contributed by atoms with Gasteiger partial charge in [-0.1, -0.05) is 5.16 Å². The molecule has 2 N–H and O–H groups in total. The highest BCUT2D eigenvalue weighted by molar-refractivity contribution is 7.93. The van der Waals surface area contributed by atoms with Gasteiger partial charge in [0.25, 0.3) is 10.0 Å². The Morgan fingerprint density at radius 3 is 2.36 bits per heavy atom. The molecule has 0 saturated carbocycles. The number of aromatic amines is 1. The minimum atomic E-state index is -4.54. The molecule has 5 rings (SSSR count). The highest BCUT2D eigenvalue weighted by Gasteiger charge is 2.32. The summed E-state index contributed by atoms with van der Waals surface area (Å²) in [5, 5.41) is 14.8. The molecule has 5 aromatic rings. The predicted octanol–water partition coefficient (Wildman–Crippen LogP) is 4.83. The third-order valence-corrected chi connectivity index (χ3v) is 7.04. The summed E-state index contributed by atoms with van der Waals surface area (Å²) in [4.78, 5) is 13.9. The molecule has 12 heteroatoms. The molecule has 0 saturated heterocycles. The number of nitrogens with zero attached hydrogens (tertiary/aromatic N) is 2. The van der Waals surface area contributed by atoms with Crippen LogP contribution in [-0.2, 0) is 10.0 Å². The van der Waals surface area contributed by atoms with Crippen LogP contribution in [0.5, 0.6) is 5.75 Å². The zero-order chi connectivity index (χ0) is 25.6. The normalized spacial score (nSPS) is 11.6. The Hall–Kier alpha value is -4.58. The number of anilines is 2. The number of aromatic hydroxyl groups is 1. The van der Waals surface area contributed by atoms with E-state index in [9.17, 15) is 27.1 Å². The van der Waals surface area contributed by atoms with Crippen LogP contribution in [0.15, 0.2) is 87.2 Å². The quantitative estimate of drug-likeness (QED) is 0.348. The van der Waals surface area contributed by atoms with E-state index in [2.05, 4.69) is 10.1 Å². The molecule has 0 fully saturated rings. The topological polar surface area (TPSA) is 116 Å². The molecular weight excluding hydrogens is 499 g/mol. The Labute approximate surface area is 200 Å². The number of fused-ring (bicyclic) bond motifs is 1. The number of nitrogens with one attached hydrogen (secondary N) is 1. The molecule has 8 nitrogen and oxygen atoms in total. The summed E-state index contributed by atoms with van der Waals surface area (Å²) in [5.74, 6) is -3.99. The molecule has 0 aliphatic carbocycles. The van der Waals surface area contributed by atoms with E-state index in [0.717, 1.165) is 24.5 Å². The van der Waals surface area contributed by atoms with Gasteiger partial charge in [-0.15, -0.1) is 0 Å². The van der Waals surface area contributed by atoms with Crippen molar-refractivity contribution in [1.29, 1.82) is 0 Å². The maximum absolute atomic E-state index is 15.2. The van der Waals surface area contributed by atoms with Crippen molar-refractivity contribution in [2.24, 2.45) is 0 Å². The third kappa shape index (κ3) is 4.07. The molecule has 0 bridgehead atoms. The fourth-order valence-corrected chi connectivity index (χ4v) is 5.20. The van der Waals surface area contributed by atoms with Crippen molar-refractivity contribution >= 4 is 32.4 Å². The average molecular weight is 513 g/mol. The molecule has 3 aromatic carbocycles. The minimum Gasteiger partial charge on any atom is -0.506 e. The van der Waals surface area contributed by atoms with Crippen molar-refractivity contribution in [3.8, 4) is 16.9 Å². The molecule has 0 unspecified atom stereocenters. The Kier molecular flexibility index (Phi) is 5.52. The number of sulfonamides is 1. The number of phenolic OH excluding ortho intramolecular Hbond substituents is 1. The van der Waals surface area contributed by atoms with E-state index in [-0.39, 0.29) is 27.4 Å². The largest absolute Gasteiger partial charge is 0.506 e. The average Bonchev–Trinajstić information content (AvgIpc) is 3.34. The van der Waals surface area contributed by atoms with Crippen LogP contribution in [-0.4, -0.2) is 23.7 Å². The zero-order valence-corrected chi connectivity index (χ0v) is 18.8. The van der Waals surface area contributed by atoms with Gasteiger partial charge in [0.2, 0.25) is 5.56 Å². The van der Waals surface area contributed by atoms with E-state index >= 15 is 4.39 Å². The van der Waals surface area contributed by atoms with Crippen LogP contribution in [0.1, 0.15) is 0 Å². The van der Waals surface area contributed by atoms with E-state index in [1.54, 1.807) is 0 Å². The highest BCUT2D eigenvalue weighted by Crippen LogP contribution is 2.41. The van der Waals surface area contributed by atoms with Crippen molar-refractivity contribution < 1.29 is 31.2 Å². The first-order valence-electron chi connectivity index (χ1n) is 10.2. The van der Waals surface area contributed by atoms with Crippen LogP contribution in [0.4, 0.5) is 24.7 Å². The molecule has 2 aromatic heterocycles. The van der Waals surface area contributed by atoms with E-state index in [1.807, 2.05) is 0 Å². The van der Waals surface area contributed by atoms with Gasteiger partial charge in [-0.25, -0.2) is 25.9 Å². The first-order chi connectivity index (χ1) is 17.1. The molecule has 0 atom stereocenters. The lowest BCUT2D eigenvalue weighted by molar-refractivity contribution is 0.421. The van der Waals surface area contributed by atoms with E-state index < -0.39 is 38.9 Å². The van der Waals surface area contributed by atoms with Crippen molar-refractivity contribution in [2.75, 3.05) is 4.31 Å². The van der Waals surface area contributed by atoms with Crippen LogP contribution >= 0.6 is 0 Å². The van der Waals surface area contributed by atoms with E-state index in [0.29, 0.717) is 27.3 Å². The number of hydrogen-bond acceptors (Lipinski definition) is 6. The van der Waals surface area contributed by atoms with Crippen molar-refractivity contribution in [3.63, 3.8) is 0 Å². The Morgan fingerprint density at radius 1 is 0.917 bits per heavy atom. The second-order valence-electron chi connectivity index (χ2n) is 7.68. The lowest BCUT2D eigenvalue weighted by Crippen LogP contribution is -2.27. The van der Waals surface area contributed by atoms with Crippen LogP contribution in [0, 0.1) is 17.5 Å². The zero-order valence-electron chi connectivity index (χ0n) is 17.9. The van der Waals surface area contributed by atoms with Crippen LogP contribution < -0.4 is 9.86 Å². The summed E-state index contributed by atoms with van der Waals surface area (Å²) in [6.07, 6.45) is 1.08. The maximum Gasteiger partial charge on any atom is 0.270 e. The lowest BCUT2D eigenvalue weighted by Gasteiger charge is -2.23. The number of hydrogen-bond donors (Lipinski definition) is 2. The number of H-pyrrole nitrogens is 1. The molecule has 0 amide bonds. The molecule has 0 aliphatic heterocycles. The van der Waals surface area contributed by atoms with Crippen molar-refractivity contribution in [2.45, 2.75) is 4.90 Å². The Morgan fingerprint density at radius 2 is 1.67 bits per heavy atom. The standard InChI is InChI=1S/C24H14F3N3O5S/c25-15-7-14(8-16(26)10-15)18-11-22(31)21(12-19(18)27)30(23-5-6-35-29-23)36(33,34)17-2-3-20-13(9-17)1-4-24(32)28-20/h1-12,31H,(H,28,32). The van der Waals surface area contributed by atoms with E-state index in [4.69, 9.17) is 4.52 Å². The maximum atomic E-state index is 15.2. The van der Waals surface area contributed by atoms with Gasteiger partial charge in [-0.2, -0.15) is 0 Å². The first-order valence-corrected chi connectivity index (χ1v) is 11.7. The molecule has 182 valence electrons. The third-order valence-electron chi connectivity index (χ3n) is 5.32. The number of rotatable bonds is 5. The molecule has 2 heterocycles. The van der Waals surface area contributed by atoms with Gasteiger partial charge >= 0.3 is 0 Å². The van der Waals surface area contributed by atoms with Crippen molar-refractivity contribution in [3.05, 3.63) is 101 Å². The number of benzene rings is 3. The number of halogens is 3. The SMILES string of the molecule is O=c1ccc2cc(S(=O)(=O)N(c3ccon3)c3cc(F)c(-c4cc(F)cc(F)c4)cc3O)ccc2[nH]1. The molecule has 0 aliphatic rings. The molecular formula is C24H14F3N3O5S. The van der Waals surface area contributed by atoms with Gasteiger partial charge in [0, 0.05) is 35.3 Å². The fraction of sp³-hybridized carbons (Fsp3) is 0. The molecule has 0 spiro atoms. The minimum absolute atomic E-state index is 0.203. The van der Waals surface area contributed by atoms with Crippen molar-refractivity contribution in [1.82, 2.24) is 10.1 Å². The van der Waals surface area contributed by atoms with Crippen LogP contribution in [0.25, 0.3) is 22.0 Å². The fourth-order valence-electron chi connectivity index (χ4n) is 3.73. The van der Waals surface area contributed by atoms with E-state index in [1.165, 1.54) is 36.4 Å². The monoisotopic (exact) mass is 513 g/mol. The Bertz CT molecular complexity index is 1770. The van der Waals surface area contributed by atoms with Gasteiger partial charge in [-0.05, 0) is 53.4 Å². The van der Waals surface area contributed by atoms with Gasteiger partial charge in [0.15, 0.2) is 5.82 Å². The van der Waals surface area contributed by atoms with Gasteiger partial charge in [0.1, 0.15) is 35.2 Å². The lowest BCUT2D eigenvalue weighted by atomic mass is 10.0. The van der Waals surface area contributed by atoms with Gasteiger partial charge in [0.05, 0.1) is 4.90 Å². The van der Waals surface area contributed by atoms with Gasteiger partial charge in [-0.3, -0.25) is 4.79 Å². The van der Waals surface area contributed by atoms with Crippen LogP contribution in [0.3, 0.4) is 0 Å². The summed E-state index contributed by atoms with van der Waals surface area (Å²) in [5.41, 5.74) is -1.08. The summed E-state index contributed by atoms with van der Waals surface area (Å²) in [6, 6.07) is 11.6. The highest BCUT2D eigenvalue weighted by atomic mass is 32.2. The Balaban J connectivity index is 1.68. The second kappa shape index (κ2) is 8.57. The smallest absolute Gasteiger partial charge is 0.270 e. The summed E-state index contributed by atoms with van der Waals surface area (Å²) >= 11 is 0. The number of aromatic nitrogens is 2.